The van der Waals surface area contributed by atoms with Crippen LogP contribution in [0.3, 0.4) is 0 Å². The maximum atomic E-state index is 12.1. The Morgan fingerprint density at radius 1 is 1.32 bits per heavy atom. The molecule has 0 bridgehead atoms. The molecule has 0 aliphatic rings. The standard InChI is InChI=1S/C14H20N2O3/c1-5-15-14(3,4)13(19)16-11-7-6-10(12(17)18)8-9(11)2/h6-8,15H,5H2,1-4H3,(H,16,19)(H,17,18). The molecule has 0 saturated heterocycles. The lowest BCUT2D eigenvalue weighted by molar-refractivity contribution is -0.121. The minimum atomic E-state index is -0.978. The molecule has 0 heterocycles. The molecule has 0 aromatic heterocycles. The Morgan fingerprint density at radius 3 is 2.42 bits per heavy atom. The number of carboxylic acids is 1. The molecule has 5 heteroatoms. The maximum Gasteiger partial charge on any atom is 0.335 e. The van der Waals surface area contributed by atoms with Crippen LogP contribution in [0.25, 0.3) is 0 Å². The van der Waals surface area contributed by atoms with E-state index in [-0.39, 0.29) is 11.5 Å². The van der Waals surface area contributed by atoms with Crippen molar-refractivity contribution in [1.29, 1.82) is 0 Å². The molecule has 0 unspecified atom stereocenters. The van der Waals surface area contributed by atoms with Crippen molar-refractivity contribution in [1.82, 2.24) is 5.32 Å². The maximum absolute atomic E-state index is 12.1. The summed E-state index contributed by atoms with van der Waals surface area (Å²) in [4.78, 5) is 22.9. The topological polar surface area (TPSA) is 78.4 Å². The van der Waals surface area contributed by atoms with Crippen LogP contribution in [-0.2, 0) is 4.79 Å². The van der Waals surface area contributed by atoms with E-state index in [1.165, 1.54) is 12.1 Å². The average Bonchev–Trinajstić information content (AvgIpc) is 2.31. The minimum Gasteiger partial charge on any atom is -0.478 e. The van der Waals surface area contributed by atoms with Gasteiger partial charge in [0.05, 0.1) is 11.1 Å². The number of likely N-dealkylation sites (N-methyl/N-ethyl adjacent to an activating group) is 1. The molecule has 1 rings (SSSR count). The van der Waals surface area contributed by atoms with Gasteiger partial charge in [-0.3, -0.25) is 4.79 Å². The van der Waals surface area contributed by atoms with E-state index in [9.17, 15) is 9.59 Å². The number of amides is 1. The molecule has 0 aliphatic heterocycles. The van der Waals surface area contributed by atoms with Gasteiger partial charge >= 0.3 is 5.97 Å². The Hall–Kier alpha value is -1.88. The number of aryl methyl sites for hydroxylation is 1. The summed E-state index contributed by atoms with van der Waals surface area (Å²) in [7, 11) is 0. The van der Waals surface area contributed by atoms with Gasteiger partial charge in [0.25, 0.3) is 0 Å². The number of carbonyl (C=O) groups is 2. The fourth-order valence-corrected chi connectivity index (χ4v) is 1.74. The van der Waals surface area contributed by atoms with E-state index < -0.39 is 11.5 Å². The van der Waals surface area contributed by atoms with Crippen LogP contribution in [0.15, 0.2) is 18.2 Å². The summed E-state index contributed by atoms with van der Waals surface area (Å²) in [6, 6.07) is 4.63. The number of hydrogen-bond donors (Lipinski definition) is 3. The zero-order valence-corrected chi connectivity index (χ0v) is 11.7. The Kier molecular flexibility index (Phi) is 4.67. The van der Waals surface area contributed by atoms with Gasteiger partial charge < -0.3 is 15.7 Å². The van der Waals surface area contributed by atoms with Gasteiger partial charge in [0, 0.05) is 5.69 Å². The number of carboxylic acid groups (broad SMARTS) is 1. The normalized spacial score (nSPS) is 11.2. The smallest absolute Gasteiger partial charge is 0.335 e. The number of carbonyl (C=O) groups excluding carboxylic acids is 1. The minimum absolute atomic E-state index is 0.152. The quantitative estimate of drug-likeness (QED) is 0.760. The number of aromatic carboxylic acids is 1. The molecular formula is C14H20N2O3. The van der Waals surface area contributed by atoms with Gasteiger partial charge in [-0.25, -0.2) is 4.79 Å². The molecule has 3 N–H and O–H groups in total. The van der Waals surface area contributed by atoms with Gasteiger partial charge in [-0.2, -0.15) is 0 Å². The molecular weight excluding hydrogens is 244 g/mol. The first kappa shape index (κ1) is 15.2. The van der Waals surface area contributed by atoms with Crippen LogP contribution in [0.4, 0.5) is 5.69 Å². The number of rotatable bonds is 5. The van der Waals surface area contributed by atoms with E-state index in [0.717, 1.165) is 5.56 Å². The van der Waals surface area contributed by atoms with E-state index in [1.807, 2.05) is 6.92 Å². The van der Waals surface area contributed by atoms with E-state index in [1.54, 1.807) is 26.8 Å². The summed E-state index contributed by atoms with van der Waals surface area (Å²) in [5, 5.41) is 14.8. The monoisotopic (exact) mass is 264 g/mol. The molecule has 1 amide bonds. The van der Waals surface area contributed by atoms with Crippen molar-refractivity contribution >= 4 is 17.6 Å². The second kappa shape index (κ2) is 5.84. The van der Waals surface area contributed by atoms with Gasteiger partial charge in [0.15, 0.2) is 0 Å². The van der Waals surface area contributed by atoms with E-state index >= 15 is 0 Å². The lowest BCUT2D eigenvalue weighted by atomic mass is 10.0. The fourth-order valence-electron chi connectivity index (χ4n) is 1.74. The zero-order valence-electron chi connectivity index (χ0n) is 11.7. The Bertz CT molecular complexity index is 495. The molecule has 0 aliphatic carbocycles. The van der Waals surface area contributed by atoms with Gasteiger partial charge in [0.1, 0.15) is 0 Å². The summed E-state index contributed by atoms with van der Waals surface area (Å²) in [6.07, 6.45) is 0. The van der Waals surface area contributed by atoms with Crippen LogP contribution in [0.5, 0.6) is 0 Å². The highest BCUT2D eigenvalue weighted by Crippen LogP contribution is 2.18. The van der Waals surface area contributed by atoms with Crippen molar-refractivity contribution in [3.8, 4) is 0 Å². The molecule has 1 aromatic carbocycles. The second-order valence-electron chi connectivity index (χ2n) is 4.94. The van der Waals surface area contributed by atoms with Gasteiger partial charge in [-0.15, -0.1) is 0 Å². The van der Waals surface area contributed by atoms with Crippen LogP contribution < -0.4 is 10.6 Å². The molecule has 0 saturated carbocycles. The van der Waals surface area contributed by atoms with Crippen LogP contribution in [0.1, 0.15) is 36.7 Å². The highest BCUT2D eigenvalue weighted by molar-refractivity contribution is 5.98. The van der Waals surface area contributed by atoms with Crippen molar-refractivity contribution in [3.05, 3.63) is 29.3 Å². The van der Waals surface area contributed by atoms with E-state index in [0.29, 0.717) is 12.2 Å². The Morgan fingerprint density at radius 2 is 1.95 bits per heavy atom. The first-order valence-corrected chi connectivity index (χ1v) is 6.18. The summed E-state index contributed by atoms with van der Waals surface area (Å²) in [5.41, 5.74) is 0.884. The molecule has 0 fully saturated rings. The summed E-state index contributed by atoms with van der Waals surface area (Å²) < 4.78 is 0. The Balaban J connectivity index is 2.89. The second-order valence-corrected chi connectivity index (χ2v) is 4.94. The third kappa shape index (κ3) is 3.79. The molecule has 0 atom stereocenters. The van der Waals surface area contributed by atoms with E-state index in [2.05, 4.69) is 10.6 Å². The van der Waals surface area contributed by atoms with E-state index in [4.69, 9.17) is 5.11 Å². The molecule has 104 valence electrons. The van der Waals surface area contributed by atoms with Gasteiger partial charge in [-0.05, 0) is 51.1 Å². The number of hydrogen-bond acceptors (Lipinski definition) is 3. The molecule has 1 aromatic rings. The number of benzene rings is 1. The Labute approximate surface area is 113 Å². The van der Waals surface area contributed by atoms with Crippen LogP contribution in [-0.4, -0.2) is 29.1 Å². The molecule has 0 radical (unpaired) electrons. The largest absolute Gasteiger partial charge is 0.478 e. The molecule has 5 nitrogen and oxygen atoms in total. The van der Waals surface area contributed by atoms with Crippen LogP contribution in [0.2, 0.25) is 0 Å². The van der Waals surface area contributed by atoms with Crippen molar-refractivity contribution in [2.45, 2.75) is 33.2 Å². The highest BCUT2D eigenvalue weighted by Gasteiger charge is 2.26. The first-order chi connectivity index (χ1) is 8.77. The predicted octanol–water partition coefficient (Wildman–Crippen LogP) is 2.02. The predicted molar refractivity (Wildman–Crippen MR) is 74.5 cm³/mol. The lowest BCUT2D eigenvalue weighted by Gasteiger charge is -2.25. The zero-order chi connectivity index (χ0) is 14.6. The number of nitrogens with one attached hydrogen (secondary N) is 2. The average molecular weight is 264 g/mol. The third-order valence-corrected chi connectivity index (χ3v) is 2.91. The van der Waals surface area contributed by atoms with Crippen LogP contribution in [0, 0.1) is 6.92 Å². The van der Waals surface area contributed by atoms with Gasteiger partial charge in [0.2, 0.25) is 5.91 Å². The highest BCUT2D eigenvalue weighted by atomic mass is 16.4. The molecule has 19 heavy (non-hydrogen) atoms. The first-order valence-electron chi connectivity index (χ1n) is 6.18. The number of anilines is 1. The van der Waals surface area contributed by atoms with Crippen molar-refractivity contribution in [2.75, 3.05) is 11.9 Å². The fraction of sp³-hybridized carbons (Fsp3) is 0.429. The molecule has 0 spiro atoms. The SMILES string of the molecule is CCNC(C)(C)C(=O)Nc1ccc(C(=O)O)cc1C. The van der Waals surface area contributed by atoms with Crippen molar-refractivity contribution < 1.29 is 14.7 Å². The van der Waals surface area contributed by atoms with Crippen molar-refractivity contribution in [2.24, 2.45) is 0 Å². The third-order valence-electron chi connectivity index (χ3n) is 2.91. The van der Waals surface area contributed by atoms with Crippen molar-refractivity contribution in [3.63, 3.8) is 0 Å². The van der Waals surface area contributed by atoms with Crippen LogP contribution >= 0.6 is 0 Å². The summed E-state index contributed by atoms with van der Waals surface area (Å²) >= 11 is 0. The van der Waals surface area contributed by atoms with Gasteiger partial charge in [-0.1, -0.05) is 6.92 Å². The summed E-state index contributed by atoms with van der Waals surface area (Å²) in [6.45, 7) is 7.99. The summed E-state index contributed by atoms with van der Waals surface area (Å²) in [5.74, 6) is -1.13. The lowest BCUT2D eigenvalue weighted by Crippen LogP contribution is -2.49.